The average molecular weight is 1070 g/mol. The average Bonchev–Trinajstić information content (AvgIpc) is 3.42. The zero-order valence-electron chi connectivity index (χ0n) is 51.3. The van der Waals surface area contributed by atoms with Crippen molar-refractivity contribution in [2.45, 2.75) is 386 Å². The highest BCUT2D eigenvalue weighted by Crippen LogP contribution is 2.18. The Bertz CT molecular complexity index is 1230. The molecule has 0 rings (SSSR count). The Morgan fingerprint density at radius 3 is 1.04 bits per heavy atom. The summed E-state index contributed by atoms with van der Waals surface area (Å²) in [5.41, 5.74) is 0. The number of hydrogen-bond donors (Lipinski definition) is 3. The molecule has 448 valence electrons. The fourth-order valence-electron chi connectivity index (χ4n) is 10.7. The van der Waals surface area contributed by atoms with Crippen LogP contribution in [0.1, 0.15) is 373 Å². The first kappa shape index (κ1) is 74.1. The predicted octanol–water partition coefficient (Wildman–Crippen LogP) is 21.9. The number of unbranched alkanes of at least 4 members (excludes halogenated alkanes) is 47. The summed E-state index contributed by atoms with van der Waals surface area (Å²) in [5.74, 6) is -0.0522. The van der Waals surface area contributed by atoms with Gasteiger partial charge >= 0.3 is 5.97 Å². The van der Waals surface area contributed by atoms with Gasteiger partial charge in [0.15, 0.2) is 0 Å². The molecule has 0 spiro atoms. The molecular weight excluding hydrogens is 935 g/mol. The molecular formula is C70H133NO5. The van der Waals surface area contributed by atoms with Gasteiger partial charge in [-0.05, 0) is 83.5 Å². The molecule has 76 heavy (non-hydrogen) atoms. The van der Waals surface area contributed by atoms with Crippen molar-refractivity contribution in [2.24, 2.45) is 0 Å². The van der Waals surface area contributed by atoms with Crippen molar-refractivity contribution in [1.82, 2.24) is 5.32 Å². The third-order valence-corrected chi connectivity index (χ3v) is 15.9. The van der Waals surface area contributed by atoms with Crippen molar-refractivity contribution >= 4 is 11.9 Å². The van der Waals surface area contributed by atoms with E-state index < -0.39 is 12.1 Å². The first-order valence-corrected chi connectivity index (χ1v) is 34.2. The zero-order valence-corrected chi connectivity index (χ0v) is 51.3. The number of esters is 1. The Balaban J connectivity index is 3.44. The van der Waals surface area contributed by atoms with Crippen LogP contribution in [0.2, 0.25) is 0 Å². The maximum absolute atomic E-state index is 12.5. The lowest BCUT2D eigenvalue weighted by Gasteiger charge is -2.22. The van der Waals surface area contributed by atoms with E-state index in [0.717, 1.165) is 64.2 Å². The fourth-order valence-corrected chi connectivity index (χ4v) is 10.7. The number of amides is 1. The molecule has 0 heterocycles. The molecule has 6 heteroatoms. The van der Waals surface area contributed by atoms with Crippen molar-refractivity contribution in [2.75, 3.05) is 13.2 Å². The van der Waals surface area contributed by atoms with Crippen molar-refractivity contribution in [3.05, 3.63) is 36.5 Å². The molecule has 2 atom stereocenters. The van der Waals surface area contributed by atoms with Gasteiger partial charge in [-0.1, -0.05) is 314 Å². The summed E-state index contributed by atoms with van der Waals surface area (Å²) in [6.45, 7) is 4.93. The molecule has 0 aliphatic carbocycles. The molecule has 0 fully saturated rings. The summed E-state index contributed by atoms with van der Waals surface area (Å²) in [6, 6.07) is -0.553. The van der Waals surface area contributed by atoms with Gasteiger partial charge in [0.05, 0.1) is 25.4 Å². The lowest BCUT2D eigenvalue weighted by atomic mass is 10.0. The van der Waals surface area contributed by atoms with Crippen LogP contribution in [0.15, 0.2) is 36.5 Å². The van der Waals surface area contributed by atoms with E-state index in [-0.39, 0.29) is 18.5 Å². The van der Waals surface area contributed by atoms with Crippen LogP contribution in [0.3, 0.4) is 0 Å². The summed E-state index contributed by atoms with van der Waals surface area (Å²) < 4.78 is 5.48. The summed E-state index contributed by atoms with van der Waals surface area (Å²) >= 11 is 0. The van der Waals surface area contributed by atoms with Gasteiger partial charge in [-0.25, -0.2) is 0 Å². The lowest BCUT2D eigenvalue weighted by molar-refractivity contribution is -0.143. The third kappa shape index (κ3) is 61.3. The molecule has 0 bridgehead atoms. The summed E-state index contributed by atoms with van der Waals surface area (Å²) in [4.78, 5) is 24.6. The standard InChI is InChI=1S/C70H133NO5/c1-3-5-7-9-11-13-15-17-19-21-22-23-24-25-26-27-28-31-34-38-42-46-50-54-58-62-68(73)67(66-72)71-69(74)63-59-55-51-47-43-39-35-32-29-33-37-41-45-49-53-57-61-65-76-70(75)64-60-56-52-48-44-40-36-30-20-18-16-14-12-10-8-6-4-2/h12,14,18,20,29,33,67-68,72-73H,3-11,13,15-17,19,21-28,30-32,34-66H2,1-2H3,(H,71,74)/b14-12-,20-18-,33-29-. The van der Waals surface area contributed by atoms with Gasteiger partial charge in [0, 0.05) is 12.8 Å². The van der Waals surface area contributed by atoms with Crippen molar-refractivity contribution in [1.29, 1.82) is 0 Å². The van der Waals surface area contributed by atoms with Crippen LogP contribution >= 0.6 is 0 Å². The Kier molecular flexibility index (Phi) is 63.9. The van der Waals surface area contributed by atoms with Crippen LogP contribution in [0.4, 0.5) is 0 Å². The van der Waals surface area contributed by atoms with E-state index in [4.69, 9.17) is 4.74 Å². The SMILES string of the molecule is CCCCC/C=C\C/C=C\CCCCCCCCCC(=O)OCCCCCCCC/C=C\CCCCCCCCCC(=O)NC(CO)C(O)CCCCCCCCCCCCCCCCCCCCCCCCCCC. The lowest BCUT2D eigenvalue weighted by Crippen LogP contribution is -2.45. The minimum Gasteiger partial charge on any atom is -0.466 e. The van der Waals surface area contributed by atoms with Gasteiger partial charge in [-0.2, -0.15) is 0 Å². The highest BCUT2D eigenvalue weighted by molar-refractivity contribution is 5.76. The Hall–Kier alpha value is -1.92. The van der Waals surface area contributed by atoms with E-state index in [1.165, 1.54) is 276 Å². The van der Waals surface area contributed by atoms with E-state index in [2.05, 4.69) is 55.6 Å². The normalized spacial score (nSPS) is 12.7. The molecule has 0 aromatic carbocycles. The second kappa shape index (κ2) is 65.6. The second-order valence-electron chi connectivity index (χ2n) is 23.5. The molecule has 1 amide bonds. The van der Waals surface area contributed by atoms with Gasteiger partial charge in [0.1, 0.15) is 0 Å². The molecule has 0 aliphatic rings. The minimum absolute atomic E-state index is 0.00872. The van der Waals surface area contributed by atoms with Crippen LogP contribution in [0, 0.1) is 0 Å². The number of rotatable bonds is 64. The van der Waals surface area contributed by atoms with E-state index >= 15 is 0 Å². The number of carbonyl (C=O) groups is 2. The van der Waals surface area contributed by atoms with Crippen molar-refractivity contribution in [3.63, 3.8) is 0 Å². The predicted molar refractivity (Wildman–Crippen MR) is 333 cm³/mol. The topological polar surface area (TPSA) is 95.9 Å². The number of ether oxygens (including phenoxy) is 1. The van der Waals surface area contributed by atoms with E-state index in [9.17, 15) is 19.8 Å². The molecule has 0 aromatic heterocycles. The maximum Gasteiger partial charge on any atom is 0.305 e. The Morgan fingerprint density at radius 2 is 0.658 bits per heavy atom. The molecule has 0 radical (unpaired) electrons. The van der Waals surface area contributed by atoms with Gasteiger partial charge in [-0.3, -0.25) is 9.59 Å². The quantitative estimate of drug-likeness (QED) is 0.0320. The molecule has 3 N–H and O–H groups in total. The highest BCUT2D eigenvalue weighted by Gasteiger charge is 2.20. The summed E-state index contributed by atoms with van der Waals surface area (Å²) in [6.07, 6.45) is 83.1. The Morgan fingerprint density at radius 1 is 0.368 bits per heavy atom. The van der Waals surface area contributed by atoms with Crippen molar-refractivity contribution < 1.29 is 24.5 Å². The van der Waals surface area contributed by atoms with E-state index in [0.29, 0.717) is 25.9 Å². The van der Waals surface area contributed by atoms with Gasteiger partial charge in [-0.15, -0.1) is 0 Å². The fraction of sp³-hybridized carbons (Fsp3) is 0.886. The van der Waals surface area contributed by atoms with Gasteiger partial charge < -0.3 is 20.3 Å². The smallest absolute Gasteiger partial charge is 0.305 e. The number of aliphatic hydroxyl groups is 2. The Labute approximate surface area is 474 Å². The monoisotopic (exact) mass is 1070 g/mol. The molecule has 2 unspecified atom stereocenters. The third-order valence-electron chi connectivity index (χ3n) is 15.9. The first-order valence-electron chi connectivity index (χ1n) is 34.2. The van der Waals surface area contributed by atoms with Crippen molar-refractivity contribution in [3.8, 4) is 0 Å². The highest BCUT2D eigenvalue weighted by atomic mass is 16.5. The molecule has 0 aromatic rings. The van der Waals surface area contributed by atoms with E-state index in [1.54, 1.807) is 0 Å². The maximum atomic E-state index is 12.5. The zero-order chi connectivity index (χ0) is 55.0. The van der Waals surface area contributed by atoms with Gasteiger partial charge in [0.2, 0.25) is 5.91 Å². The van der Waals surface area contributed by atoms with Crippen LogP contribution in [0.5, 0.6) is 0 Å². The van der Waals surface area contributed by atoms with E-state index in [1.807, 2.05) is 0 Å². The van der Waals surface area contributed by atoms with Crippen LogP contribution < -0.4 is 5.32 Å². The molecule has 0 saturated heterocycles. The summed E-state index contributed by atoms with van der Waals surface area (Å²) in [5, 5.41) is 23.4. The first-order chi connectivity index (χ1) is 37.5. The molecule has 6 nitrogen and oxygen atoms in total. The number of hydrogen-bond acceptors (Lipinski definition) is 5. The van der Waals surface area contributed by atoms with Crippen LogP contribution in [0.25, 0.3) is 0 Å². The van der Waals surface area contributed by atoms with Gasteiger partial charge in [0.25, 0.3) is 0 Å². The molecule has 0 aliphatic heterocycles. The number of carbonyl (C=O) groups excluding carboxylic acids is 2. The molecule has 0 saturated carbocycles. The van der Waals surface area contributed by atoms with Crippen LogP contribution in [-0.2, 0) is 14.3 Å². The number of nitrogens with one attached hydrogen (secondary N) is 1. The number of aliphatic hydroxyl groups excluding tert-OH is 2. The second-order valence-corrected chi connectivity index (χ2v) is 23.5. The van der Waals surface area contributed by atoms with Crippen LogP contribution in [-0.4, -0.2) is 47.4 Å². The largest absolute Gasteiger partial charge is 0.466 e. The number of allylic oxidation sites excluding steroid dienone is 6. The summed E-state index contributed by atoms with van der Waals surface area (Å²) in [7, 11) is 0. The minimum atomic E-state index is -0.675.